The van der Waals surface area contributed by atoms with Gasteiger partial charge in [-0.25, -0.2) is 0 Å². The Labute approximate surface area is 133 Å². The minimum absolute atomic E-state index is 0.0771. The Bertz CT molecular complexity index is 327. The molecule has 1 saturated heterocycles. The Balaban J connectivity index is 2.22. The molecule has 0 amide bonds. The fourth-order valence-corrected chi connectivity index (χ4v) is 3.17. The first-order chi connectivity index (χ1) is 10.5. The van der Waals surface area contributed by atoms with E-state index in [0.29, 0.717) is 19.6 Å². The largest absolute Gasteiger partial charge is 0.632 e. The van der Waals surface area contributed by atoms with Gasteiger partial charge >= 0.3 is 5.97 Å². The van der Waals surface area contributed by atoms with E-state index in [1.165, 1.54) is 0 Å². The molecule has 0 spiro atoms. The van der Waals surface area contributed by atoms with Crippen LogP contribution < -0.4 is 5.32 Å². The standard InChI is InChI=1S/C16H32N2O4/c1-2-7-15(19)10-11-18(22)13-17-12-14(18)8-5-3-4-6-9-16(20)21/h14-15,17,19H,2-13H2,1H3,(H,20,21). The van der Waals surface area contributed by atoms with Crippen molar-refractivity contribution in [2.45, 2.75) is 76.9 Å². The van der Waals surface area contributed by atoms with Crippen molar-refractivity contribution in [2.75, 3.05) is 19.8 Å². The van der Waals surface area contributed by atoms with Crippen molar-refractivity contribution in [3.05, 3.63) is 5.21 Å². The molecule has 1 heterocycles. The van der Waals surface area contributed by atoms with Crippen molar-refractivity contribution in [2.24, 2.45) is 0 Å². The van der Waals surface area contributed by atoms with Crippen molar-refractivity contribution in [3.63, 3.8) is 0 Å². The van der Waals surface area contributed by atoms with Crippen LogP contribution in [0.15, 0.2) is 0 Å². The van der Waals surface area contributed by atoms with E-state index in [0.717, 1.165) is 51.5 Å². The van der Waals surface area contributed by atoms with Crippen LogP contribution in [0.2, 0.25) is 0 Å². The zero-order valence-corrected chi connectivity index (χ0v) is 13.8. The molecule has 3 unspecified atom stereocenters. The number of aliphatic carboxylic acids is 1. The van der Waals surface area contributed by atoms with Gasteiger partial charge in [0.05, 0.1) is 19.2 Å². The van der Waals surface area contributed by atoms with Gasteiger partial charge in [0.2, 0.25) is 0 Å². The van der Waals surface area contributed by atoms with Gasteiger partial charge in [-0.1, -0.05) is 26.2 Å². The van der Waals surface area contributed by atoms with E-state index in [4.69, 9.17) is 5.11 Å². The quantitative estimate of drug-likeness (QED) is 0.292. The van der Waals surface area contributed by atoms with Crippen molar-refractivity contribution >= 4 is 5.97 Å². The third-order valence-electron chi connectivity index (χ3n) is 4.57. The van der Waals surface area contributed by atoms with Crippen LogP contribution in [0.1, 0.15) is 64.7 Å². The topological polar surface area (TPSA) is 92.6 Å². The molecule has 130 valence electrons. The van der Waals surface area contributed by atoms with Gasteiger partial charge in [-0.2, -0.15) is 0 Å². The van der Waals surface area contributed by atoms with Crippen LogP contribution >= 0.6 is 0 Å². The van der Waals surface area contributed by atoms with Crippen molar-refractivity contribution in [1.29, 1.82) is 0 Å². The van der Waals surface area contributed by atoms with Gasteiger partial charge in [0, 0.05) is 19.3 Å². The van der Waals surface area contributed by atoms with Crippen LogP contribution in [0.4, 0.5) is 0 Å². The molecule has 0 aliphatic carbocycles. The second-order valence-electron chi connectivity index (χ2n) is 6.52. The van der Waals surface area contributed by atoms with E-state index >= 15 is 0 Å². The molecule has 1 rings (SSSR count). The van der Waals surface area contributed by atoms with Crippen LogP contribution in [0.25, 0.3) is 0 Å². The Kier molecular flexibility index (Phi) is 8.93. The molecular formula is C16H32N2O4. The number of rotatable bonds is 12. The van der Waals surface area contributed by atoms with Gasteiger partial charge in [-0.05, 0) is 19.3 Å². The summed E-state index contributed by atoms with van der Waals surface area (Å²) in [6, 6.07) is 0.0771. The van der Waals surface area contributed by atoms with Crippen LogP contribution in [-0.4, -0.2) is 52.7 Å². The molecule has 6 nitrogen and oxygen atoms in total. The molecule has 0 aromatic carbocycles. The number of carboxylic acids is 1. The van der Waals surface area contributed by atoms with Crippen LogP contribution in [-0.2, 0) is 4.79 Å². The van der Waals surface area contributed by atoms with E-state index in [9.17, 15) is 15.1 Å². The molecule has 0 radical (unpaired) electrons. The first-order valence-electron chi connectivity index (χ1n) is 8.66. The number of quaternary nitrogens is 1. The van der Waals surface area contributed by atoms with Crippen molar-refractivity contribution in [3.8, 4) is 0 Å². The summed E-state index contributed by atoms with van der Waals surface area (Å²) in [7, 11) is 0. The predicted molar refractivity (Wildman–Crippen MR) is 86.0 cm³/mol. The van der Waals surface area contributed by atoms with Gasteiger partial charge in [0.15, 0.2) is 0 Å². The molecule has 3 atom stereocenters. The van der Waals surface area contributed by atoms with E-state index in [1.54, 1.807) is 0 Å². The normalized spacial score (nSPS) is 26.2. The molecule has 0 saturated carbocycles. The van der Waals surface area contributed by atoms with E-state index < -0.39 is 5.97 Å². The van der Waals surface area contributed by atoms with Crippen LogP contribution in [0.5, 0.6) is 0 Å². The Morgan fingerprint density at radius 3 is 2.73 bits per heavy atom. The molecule has 3 N–H and O–H groups in total. The maximum atomic E-state index is 12.8. The third kappa shape index (κ3) is 7.05. The number of hydroxylamine groups is 3. The average Bonchev–Trinajstić information content (AvgIpc) is 2.82. The lowest BCUT2D eigenvalue weighted by atomic mass is 10.0. The summed E-state index contributed by atoms with van der Waals surface area (Å²) in [5, 5.41) is 34.4. The number of carbonyl (C=O) groups is 1. The van der Waals surface area contributed by atoms with Crippen LogP contribution in [0.3, 0.4) is 0 Å². The Morgan fingerprint density at radius 2 is 2.05 bits per heavy atom. The maximum absolute atomic E-state index is 12.8. The summed E-state index contributed by atoms with van der Waals surface area (Å²) in [4.78, 5) is 10.4. The van der Waals surface area contributed by atoms with Crippen molar-refractivity contribution < 1.29 is 19.7 Å². The first-order valence-corrected chi connectivity index (χ1v) is 8.66. The number of hydrogen-bond donors (Lipinski definition) is 3. The lowest BCUT2D eigenvalue weighted by Crippen LogP contribution is -2.49. The van der Waals surface area contributed by atoms with Gasteiger partial charge in [-0.3, -0.25) is 10.1 Å². The maximum Gasteiger partial charge on any atom is 0.303 e. The Hall–Kier alpha value is -0.690. The molecule has 0 aromatic rings. The zero-order valence-electron chi connectivity index (χ0n) is 13.8. The summed E-state index contributed by atoms with van der Waals surface area (Å²) < 4.78 is -0.226. The smallest absolute Gasteiger partial charge is 0.303 e. The second-order valence-corrected chi connectivity index (χ2v) is 6.52. The molecular weight excluding hydrogens is 284 g/mol. The number of carboxylic acid groups (broad SMARTS) is 1. The molecule has 6 heteroatoms. The highest BCUT2D eigenvalue weighted by Crippen LogP contribution is 2.23. The fraction of sp³-hybridized carbons (Fsp3) is 0.938. The lowest BCUT2D eigenvalue weighted by Gasteiger charge is -2.44. The first kappa shape index (κ1) is 19.4. The van der Waals surface area contributed by atoms with Gasteiger partial charge < -0.3 is 20.1 Å². The molecule has 0 bridgehead atoms. The predicted octanol–water partition coefficient (Wildman–Crippen LogP) is 2.21. The molecule has 1 aliphatic rings. The minimum atomic E-state index is -0.735. The fourth-order valence-electron chi connectivity index (χ4n) is 3.17. The molecule has 1 aliphatic heterocycles. The number of nitrogens with one attached hydrogen (secondary N) is 1. The number of unbranched alkanes of at least 4 members (excludes halogenated alkanes) is 3. The SMILES string of the molecule is CCCC(O)CC[N+]1([O-])CNCC1CCCCCCC(=O)O. The van der Waals surface area contributed by atoms with Crippen molar-refractivity contribution in [1.82, 2.24) is 5.32 Å². The average molecular weight is 316 g/mol. The Morgan fingerprint density at radius 1 is 1.32 bits per heavy atom. The summed E-state index contributed by atoms with van der Waals surface area (Å²) in [6.45, 7) is 3.72. The van der Waals surface area contributed by atoms with Crippen LogP contribution in [0, 0.1) is 5.21 Å². The summed E-state index contributed by atoms with van der Waals surface area (Å²) in [5.41, 5.74) is 0. The number of aliphatic hydroxyl groups excluding tert-OH is 1. The van der Waals surface area contributed by atoms with Gasteiger partial charge in [0.25, 0.3) is 0 Å². The van der Waals surface area contributed by atoms with Gasteiger partial charge in [0.1, 0.15) is 12.7 Å². The number of hydrogen-bond acceptors (Lipinski definition) is 4. The van der Waals surface area contributed by atoms with E-state index in [2.05, 4.69) is 5.32 Å². The lowest BCUT2D eigenvalue weighted by molar-refractivity contribution is -0.893. The third-order valence-corrected chi connectivity index (χ3v) is 4.57. The summed E-state index contributed by atoms with van der Waals surface area (Å²) in [5.74, 6) is -0.735. The molecule has 1 fully saturated rings. The monoisotopic (exact) mass is 316 g/mol. The molecule has 0 aromatic heterocycles. The highest BCUT2D eigenvalue weighted by molar-refractivity contribution is 5.66. The van der Waals surface area contributed by atoms with Gasteiger partial charge in [-0.15, -0.1) is 0 Å². The highest BCUT2D eigenvalue weighted by atomic mass is 16.6. The highest BCUT2D eigenvalue weighted by Gasteiger charge is 2.33. The minimum Gasteiger partial charge on any atom is -0.632 e. The molecule has 22 heavy (non-hydrogen) atoms. The van der Waals surface area contributed by atoms with E-state index in [-0.39, 0.29) is 23.2 Å². The zero-order chi connectivity index (χ0) is 16.4. The van der Waals surface area contributed by atoms with E-state index in [1.807, 2.05) is 6.92 Å². The number of aliphatic hydroxyl groups is 1. The second kappa shape index (κ2) is 10.2. The number of nitrogens with zero attached hydrogens (tertiary/aromatic N) is 1. The summed E-state index contributed by atoms with van der Waals surface area (Å²) >= 11 is 0. The summed E-state index contributed by atoms with van der Waals surface area (Å²) in [6.07, 6.45) is 6.66.